The van der Waals surface area contributed by atoms with Crippen LogP contribution in [0.25, 0.3) is 10.2 Å². The number of rotatable bonds is 4. The Labute approximate surface area is 173 Å². The monoisotopic (exact) mass is 409 g/mol. The number of ketones is 1. The summed E-state index contributed by atoms with van der Waals surface area (Å²) in [6.45, 7) is 8.54. The molecular weight excluding hydrogens is 386 g/mol. The summed E-state index contributed by atoms with van der Waals surface area (Å²) in [4.78, 5) is 26.0. The Morgan fingerprint density at radius 3 is 2.75 bits per heavy atom. The Bertz CT molecular complexity index is 1110. The van der Waals surface area contributed by atoms with Gasteiger partial charge in [0.2, 0.25) is 0 Å². The van der Waals surface area contributed by atoms with Gasteiger partial charge in [0.1, 0.15) is 16.2 Å². The van der Waals surface area contributed by atoms with Gasteiger partial charge in [0, 0.05) is 40.2 Å². The van der Waals surface area contributed by atoms with Gasteiger partial charge in [-0.1, -0.05) is 43.8 Å². The van der Waals surface area contributed by atoms with Crippen LogP contribution in [0.3, 0.4) is 0 Å². The van der Waals surface area contributed by atoms with E-state index >= 15 is 0 Å². The van der Waals surface area contributed by atoms with Gasteiger partial charge in [0.15, 0.2) is 5.78 Å². The fourth-order valence-corrected chi connectivity index (χ4v) is 5.79. The molecule has 0 amide bonds. The van der Waals surface area contributed by atoms with Crippen LogP contribution >= 0.6 is 23.1 Å². The number of thioether (sulfide) groups is 1. The molecule has 0 radical (unpaired) electrons. The Balaban J connectivity index is 1.58. The number of para-hydroxylation sites is 1. The molecule has 0 unspecified atom stereocenters. The number of benzene rings is 1. The summed E-state index contributed by atoms with van der Waals surface area (Å²) in [5.74, 6) is 0.466. The topological polar surface area (TPSA) is 46.1 Å². The molecule has 3 heterocycles. The van der Waals surface area contributed by atoms with Crippen molar-refractivity contribution in [3.8, 4) is 0 Å². The summed E-state index contributed by atoms with van der Waals surface area (Å²) in [5, 5.41) is 1.97. The molecule has 0 atom stereocenters. The zero-order valence-electron chi connectivity index (χ0n) is 16.7. The van der Waals surface area contributed by atoms with E-state index in [0.717, 1.165) is 20.9 Å². The van der Waals surface area contributed by atoms with E-state index in [0.29, 0.717) is 5.75 Å². The van der Waals surface area contributed by atoms with Crippen molar-refractivity contribution in [3.63, 3.8) is 0 Å². The number of anilines is 1. The van der Waals surface area contributed by atoms with Crippen LogP contribution in [0.4, 0.5) is 5.69 Å². The molecule has 2 aromatic heterocycles. The number of fused-ring (bicyclic) bond motifs is 2. The average molecular weight is 410 g/mol. The first-order chi connectivity index (χ1) is 13.3. The molecule has 144 valence electrons. The molecule has 1 aliphatic rings. The predicted molar refractivity (Wildman–Crippen MR) is 119 cm³/mol. The number of carbonyl (C=O) groups excluding carboxylic acids is 1. The van der Waals surface area contributed by atoms with Crippen molar-refractivity contribution < 1.29 is 4.79 Å². The first-order valence-corrected chi connectivity index (χ1v) is 11.0. The number of allylic oxidation sites excluding steroid dienone is 2. The molecule has 0 N–H and O–H groups in total. The number of aryl methyl sites for hydroxylation is 2. The van der Waals surface area contributed by atoms with Crippen molar-refractivity contribution in [2.45, 2.75) is 38.1 Å². The van der Waals surface area contributed by atoms with Crippen LogP contribution in [0.5, 0.6) is 0 Å². The molecule has 3 aromatic rings. The zero-order valence-corrected chi connectivity index (χ0v) is 18.4. The van der Waals surface area contributed by atoms with Gasteiger partial charge in [-0.25, -0.2) is 9.97 Å². The molecule has 0 saturated carbocycles. The van der Waals surface area contributed by atoms with Gasteiger partial charge >= 0.3 is 0 Å². The lowest BCUT2D eigenvalue weighted by Crippen LogP contribution is -2.24. The molecule has 0 spiro atoms. The highest BCUT2D eigenvalue weighted by atomic mass is 32.2. The maximum atomic E-state index is 12.8. The first-order valence-electron chi connectivity index (χ1n) is 9.22. The Kier molecular flexibility index (Phi) is 4.79. The number of carbonyl (C=O) groups is 1. The molecule has 0 aliphatic carbocycles. The lowest BCUT2D eigenvalue weighted by Gasteiger charge is -2.23. The summed E-state index contributed by atoms with van der Waals surface area (Å²) in [6, 6.07) is 8.35. The second kappa shape index (κ2) is 7.01. The molecule has 4 nitrogen and oxygen atoms in total. The van der Waals surface area contributed by atoms with E-state index in [1.165, 1.54) is 33.5 Å². The van der Waals surface area contributed by atoms with E-state index in [9.17, 15) is 4.79 Å². The van der Waals surface area contributed by atoms with Gasteiger partial charge in [-0.05, 0) is 31.0 Å². The second-order valence-corrected chi connectivity index (χ2v) is 9.80. The standard InChI is InChI=1S/C22H23N3OS2/c1-13-14(2)28-21-19(13)20(23-12-24-21)27-11-15(26)10-18-22(3,4)16-8-6-7-9-17(16)25(18)5/h6-10,12H,11H2,1-5H3. The lowest BCUT2D eigenvalue weighted by molar-refractivity contribution is -0.112. The third-order valence-electron chi connectivity index (χ3n) is 5.52. The fourth-order valence-electron chi connectivity index (χ4n) is 3.85. The van der Waals surface area contributed by atoms with Gasteiger partial charge < -0.3 is 4.90 Å². The van der Waals surface area contributed by atoms with Crippen LogP contribution in [0.15, 0.2) is 47.4 Å². The molecule has 4 rings (SSSR count). The summed E-state index contributed by atoms with van der Waals surface area (Å²) in [7, 11) is 2.03. The first kappa shape index (κ1) is 19.2. The summed E-state index contributed by atoms with van der Waals surface area (Å²) in [6.07, 6.45) is 3.39. The second-order valence-electron chi connectivity index (χ2n) is 7.63. The molecule has 1 aromatic carbocycles. The molecule has 0 bridgehead atoms. The third-order valence-corrected chi connectivity index (χ3v) is 7.65. The number of aromatic nitrogens is 2. The number of hydrogen-bond acceptors (Lipinski definition) is 6. The molecule has 0 fully saturated rings. The van der Waals surface area contributed by atoms with Crippen molar-refractivity contribution in [1.82, 2.24) is 9.97 Å². The van der Waals surface area contributed by atoms with E-state index < -0.39 is 0 Å². The molecule has 1 aliphatic heterocycles. The molecule has 6 heteroatoms. The largest absolute Gasteiger partial charge is 0.347 e. The van der Waals surface area contributed by atoms with Crippen molar-refractivity contribution in [1.29, 1.82) is 0 Å². The third kappa shape index (κ3) is 3.05. The van der Waals surface area contributed by atoms with Crippen LogP contribution in [-0.2, 0) is 10.2 Å². The minimum Gasteiger partial charge on any atom is -0.347 e. The van der Waals surface area contributed by atoms with Crippen molar-refractivity contribution in [2.24, 2.45) is 0 Å². The maximum Gasteiger partial charge on any atom is 0.167 e. The van der Waals surface area contributed by atoms with Gasteiger partial charge in [-0.3, -0.25) is 4.79 Å². The van der Waals surface area contributed by atoms with Crippen LogP contribution < -0.4 is 4.90 Å². The van der Waals surface area contributed by atoms with Crippen LogP contribution in [0.2, 0.25) is 0 Å². The van der Waals surface area contributed by atoms with Crippen molar-refractivity contribution >= 4 is 44.8 Å². The van der Waals surface area contributed by atoms with Gasteiger partial charge in [0.05, 0.1) is 5.75 Å². The van der Waals surface area contributed by atoms with Crippen LogP contribution in [0, 0.1) is 13.8 Å². The normalized spacial score (nSPS) is 16.8. The van der Waals surface area contributed by atoms with E-state index in [2.05, 4.69) is 60.8 Å². The average Bonchev–Trinajstić information content (AvgIpc) is 3.07. The van der Waals surface area contributed by atoms with E-state index in [-0.39, 0.29) is 11.2 Å². The number of hydrogen-bond donors (Lipinski definition) is 0. The molecule has 0 saturated heterocycles. The SMILES string of the molecule is Cc1sc2ncnc(SCC(=O)C=C3N(C)c4ccccc4C3(C)C)c2c1C. The smallest absolute Gasteiger partial charge is 0.167 e. The molecular formula is C22H23N3OS2. The van der Waals surface area contributed by atoms with E-state index in [4.69, 9.17) is 0 Å². The minimum atomic E-state index is -0.186. The summed E-state index contributed by atoms with van der Waals surface area (Å²) in [5.41, 5.74) is 4.48. The van der Waals surface area contributed by atoms with Crippen LogP contribution in [0.1, 0.15) is 29.9 Å². The van der Waals surface area contributed by atoms with E-state index in [1.807, 2.05) is 13.1 Å². The maximum absolute atomic E-state index is 12.8. The highest BCUT2D eigenvalue weighted by molar-refractivity contribution is 8.00. The number of nitrogens with zero attached hydrogens (tertiary/aromatic N) is 3. The van der Waals surface area contributed by atoms with E-state index in [1.54, 1.807) is 23.7 Å². The summed E-state index contributed by atoms with van der Waals surface area (Å²) >= 11 is 3.18. The Hall–Kier alpha value is -2.18. The quantitative estimate of drug-likeness (QED) is 0.333. The van der Waals surface area contributed by atoms with Gasteiger partial charge in [-0.2, -0.15) is 0 Å². The number of thiophene rings is 1. The minimum absolute atomic E-state index is 0.101. The van der Waals surface area contributed by atoms with Crippen molar-refractivity contribution in [2.75, 3.05) is 17.7 Å². The van der Waals surface area contributed by atoms with Gasteiger partial charge in [0.25, 0.3) is 0 Å². The Morgan fingerprint density at radius 2 is 2.00 bits per heavy atom. The van der Waals surface area contributed by atoms with Gasteiger partial charge in [-0.15, -0.1) is 11.3 Å². The Morgan fingerprint density at radius 1 is 1.25 bits per heavy atom. The highest BCUT2D eigenvalue weighted by Crippen LogP contribution is 2.46. The zero-order chi connectivity index (χ0) is 20.1. The van der Waals surface area contributed by atoms with Crippen molar-refractivity contribution in [3.05, 3.63) is 58.4 Å². The fraction of sp³-hybridized carbons (Fsp3) is 0.318. The summed E-state index contributed by atoms with van der Waals surface area (Å²) < 4.78 is 0. The molecule has 28 heavy (non-hydrogen) atoms. The lowest BCUT2D eigenvalue weighted by atomic mass is 9.83. The number of likely N-dealkylation sites (N-methyl/N-ethyl adjacent to an activating group) is 1. The highest BCUT2D eigenvalue weighted by Gasteiger charge is 2.38. The predicted octanol–water partition coefficient (Wildman–Crippen LogP) is 5.28. The van der Waals surface area contributed by atoms with Crippen LogP contribution in [-0.4, -0.2) is 28.6 Å².